The molecule has 98 valence electrons. The summed E-state index contributed by atoms with van der Waals surface area (Å²) in [6, 6.07) is 0. The van der Waals surface area contributed by atoms with E-state index in [9.17, 15) is 9.59 Å². The van der Waals surface area contributed by atoms with Gasteiger partial charge in [-0.2, -0.15) is 0 Å². The highest BCUT2D eigenvalue weighted by atomic mass is 32.1. The average molecular weight is 268 g/mol. The fraction of sp³-hybridized carbons (Fsp3) is 0.583. The predicted molar refractivity (Wildman–Crippen MR) is 67.9 cm³/mol. The van der Waals surface area contributed by atoms with E-state index in [-0.39, 0.29) is 11.8 Å². The molecule has 0 radical (unpaired) electrons. The molecule has 0 unspecified atom stereocenters. The molecule has 0 bridgehead atoms. The topological polar surface area (TPSA) is 70.5 Å². The van der Waals surface area contributed by atoms with Gasteiger partial charge in [-0.25, -0.2) is 4.98 Å². The number of piperidine rings is 1. The molecule has 1 aliphatic heterocycles. The summed E-state index contributed by atoms with van der Waals surface area (Å²) in [5.74, 6) is -1.14. The number of carboxylic acid groups (broad SMARTS) is 1. The van der Waals surface area contributed by atoms with E-state index in [4.69, 9.17) is 5.11 Å². The smallest absolute Gasteiger partial charge is 0.306 e. The van der Waals surface area contributed by atoms with Crippen LogP contribution in [0, 0.1) is 19.8 Å². The molecule has 2 rings (SSSR count). The largest absolute Gasteiger partial charge is 0.481 e. The Morgan fingerprint density at radius 1 is 1.33 bits per heavy atom. The molecular weight excluding hydrogens is 252 g/mol. The summed E-state index contributed by atoms with van der Waals surface area (Å²) in [5.41, 5.74) is 0.520. The Bertz CT molecular complexity index is 476. The number of aliphatic carboxylic acids is 1. The number of carbonyl (C=O) groups is 2. The zero-order valence-corrected chi connectivity index (χ0v) is 11.3. The Morgan fingerprint density at radius 3 is 2.39 bits per heavy atom. The van der Waals surface area contributed by atoms with E-state index in [0.717, 1.165) is 9.88 Å². The summed E-state index contributed by atoms with van der Waals surface area (Å²) in [5, 5.41) is 9.80. The molecule has 5 nitrogen and oxygen atoms in total. The minimum absolute atomic E-state index is 0.0688. The van der Waals surface area contributed by atoms with Crippen LogP contribution in [0.4, 0.5) is 0 Å². The SMILES string of the molecule is Cc1nc(C(=O)N2CCC(C(=O)O)CC2)c(C)s1. The highest BCUT2D eigenvalue weighted by Crippen LogP contribution is 2.22. The molecular formula is C12H16N2O3S. The predicted octanol–water partition coefficient (Wildman–Crippen LogP) is 1.70. The molecule has 1 aromatic rings. The third-order valence-corrected chi connectivity index (χ3v) is 4.12. The second-order valence-electron chi connectivity index (χ2n) is 4.54. The van der Waals surface area contributed by atoms with E-state index in [0.29, 0.717) is 31.6 Å². The average Bonchev–Trinajstić information content (AvgIpc) is 2.67. The van der Waals surface area contributed by atoms with Crippen molar-refractivity contribution in [2.24, 2.45) is 5.92 Å². The summed E-state index contributed by atoms with van der Waals surface area (Å²) in [7, 11) is 0. The Labute approximate surface area is 109 Å². The Kier molecular flexibility index (Phi) is 3.65. The zero-order chi connectivity index (χ0) is 13.3. The fourth-order valence-corrected chi connectivity index (χ4v) is 3.02. The summed E-state index contributed by atoms with van der Waals surface area (Å²) >= 11 is 1.51. The van der Waals surface area contributed by atoms with Crippen molar-refractivity contribution in [3.05, 3.63) is 15.6 Å². The van der Waals surface area contributed by atoms with Crippen molar-refractivity contribution in [1.82, 2.24) is 9.88 Å². The van der Waals surface area contributed by atoms with Crippen molar-refractivity contribution in [3.63, 3.8) is 0 Å². The van der Waals surface area contributed by atoms with E-state index in [1.165, 1.54) is 11.3 Å². The van der Waals surface area contributed by atoms with Crippen LogP contribution in [0.3, 0.4) is 0 Å². The Morgan fingerprint density at radius 2 is 1.94 bits per heavy atom. The monoisotopic (exact) mass is 268 g/mol. The first-order valence-electron chi connectivity index (χ1n) is 5.95. The summed E-state index contributed by atoms with van der Waals surface area (Å²) in [6.45, 7) is 4.78. The molecule has 0 atom stereocenters. The van der Waals surface area contributed by atoms with E-state index in [2.05, 4.69) is 4.98 Å². The number of carboxylic acids is 1. The first-order chi connectivity index (χ1) is 8.49. The molecule has 6 heteroatoms. The minimum atomic E-state index is -0.761. The second kappa shape index (κ2) is 5.06. The number of rotatable bonds is 2. The van der Waals surface area contributed by atoms with Gasteiger partial charge in [0.1, 0.15) is 5.69 Å². The number of nitrogens with zero attached hydrogens (tertiary/aromatic N) is 2. The molecule has 1 saturated heterocycles. The van der Waals surface area contributed by atoms with Gasteiger partial charge in [0.05, 0.1) is 10.9 Å². The molecule has 2 heterocycles. The minimum Gasteiger partial charge on any atom is -0.481 e. The van der Waals surface area contributed by atoms with Crippen LogP contribution in [0.5, 0.6) is 0 Å². The third kappa shape index (κ3) is 2.53. The van der Waals surface area contributed by atoms with Gasteiger partial charge < -0.3 is 10.0 Å². The first kappa shape index (κ1) is 13.0. The van der Waals surface area contributed by atoms with Gasteiger partial charge in [-0.1, -0.05) is 0 Å². The Balaban J connectivity index is 2.04. The summed E-state index contributed by atoms with van der Waals surface area (Å²) in [6.07, 6.45) is 1.06. The van der Waals surface area contributed by atoms with Crippen molar-refractivity contribution < 1.29 is 14.7 Å². The van der Waals surface area contributed by atoms with Crippen molar-refractivity contribution in [1.29, 1.82) is 0 Å². The maximum atomic E-state index is 12.2. The lowest BCUT2D eigenvalue weighted by Crippen LogP contribution is -2.40. The van der Waals surface area contributed by atoms with Crippen LogP contribution < -0.4 is 0 Å². The van der Waals surface area contributed by atoms with Gasteiger partial charge in [-0.15, -0.1) is 11.3 Å². The molecule has 0 spiro atoms. The fourth-order valence-electron chi connectivity index (χ4n) is 2.21. The molecule has 18 heavy (non-hydrogen) atoms. The number of thiazole rings is 1. The number of carbonyl (C=O) groups excluding carboxylic acids is 1. The highest BCUT2D eigenvalue weighted by molar-refractivity contribution is 7.11. The summed E-state index contributed by atoms with van der Waals surface area (Å²) in [4.78, 5) is 30.0. The lowest BCUT2D eigenvalue weighted by molar-refractivity contribution is -0.143. The lowest BCUT2D eigenvalue weighted by atomic mass is 9.97. The standard InChI is InChI=1S/C12H16N2O3S/c1-7-10(13-8(2)18-7)11(15)14-5-3-9(4-6-14)12(16)17/h9H,3-6H2,1-2H3,(H,16,17). The zero-order valence-electron chi connectivity index (χ0n) is 10.5. The quantitative estimate of drug-likeness (QED) is 0.886. The van der Waals surface area contributed by atoms with Crippen molar-refractivity contribution in [3.8, 4) is 0 Å². The number of aryl methyl sites for hydroxylation is 2. The van der Waals surface area contributed by atoms with E-state index in [1.807, 2.05) is 13.8 Å². The molecule has 0 saturated carbocycles. The van der Waals surface area contributed by atoms with Crippen LogP contribution in [0.25, 0.3) is 0 Å². The molecule has 0 aliphatic carbocycles. The number of amides is 1. The second-order valence-corrected chi connectivity index (χ2v) is 5.95. The van der Waals surface area contributed by atoms with Crippen LogP contribution in [0.1, 0.15) is 33.2 Å². The van der Waals surface area contributed by atoms with E-state index in [1.54, 1.807) is 4.90 Å². The molecule has 1 aromatic heterocycles. The van der Waals surface area contributed by atoms with Crippen molar-refractivity contribution in [2.45, 2.75) is 26.7 Å². The molecule has 1 N–H and O–H groups in total. The number of hydrogen-bond acceptors (Lipinski definition) is 4. The van der Waals surface area contributed by atoms with Gasteiger partial charge in [0.15, 0.2) is 0 Å². The number of hydrogen-bond donors (Lipinski definition) is 1. The van der Waals surface area contributed by atoms with Crippen LogP contribution in [-0.4, -0.2) is 40.0 Å². The van der Waals surface area contributed by atoms with E-state index >= 15 is 0 Å². The van der Waals surface area contributed by atoms with Crippen LogP contribution in [0.15, 0.2) is 0 Å². The van der Waals surface area contributed by atoms with Crippen molar-refractivity contribution in [2.75, 3.05) is 13.1 Å². The van der Waals surface area contributed by atoms with Gasteiger partial charge in [0.2, 0.25) is 0 Å². The number of aromatic nitrogens is 1. The van der Waals surface area contributed by atoms with E-state index < -0.39 is 5.97 Å². The van der Waals surface area contributed by atoms with Crippen LogP contribution in [-0.2, 0) is 4.79 Å². The van der Waals surface area contributed by atoms with Crippen LogP contribution >= 0.6 is 11.3 Å². The maximum Gasteiger partial charge on any atom is 0.306 e. The highest BCUT2D eigenvalue weighted by Gasteiger charge is 2.29. The van der Waals surface area contributed by atoms with Gasteiger partial charge >= 0.3 is 5.97 Å². The van der Waals surface area contributed by atoms with Crippen LogP contribution in [0.2, 0.25) is 0 Å². The van der Waals surface area contributed by atoms with Gasteiger partial charge in [-0.05, 0) is 26.7 Å². The van der Waals surface area contributed by atoms with Crippen molar-refractivity contribution >= 4 is 23.2 Å². The molecule has 0 aromatic carbocycles. The van der Waals surface area contributed by atoms with Gasteiger partial charge in [-0.3, -0.25) is 9.59 Å². The third-order valence-electron chi connectivity index (χ3n) is 3.24. The lowest BCUT2D eigenvalue weighted by Gasteiger charge is -2.29. The van der Waals surface area contributed by atoms with Gasteiger partial charge in [0, 0.05) is 18.0 Å². The molecule has 1 aliphatic rings. The molecule has 1 amide bonds. The summed E-state index contributed by atoms with van der Waals surface area (Å²) < 4.78 is 0. The van der Waals surface area contributed by atoms with Gasteiger partial charge in [0.25, 0.3) is 5.91 Å². The normalized spacial score (nSPS) is 16.9. The maximum absolute atomic E-state index is 12.2. The number of likely N-dealkylation sites (tertiary alicyclic amines) is 1. The first-order valence-corrected chi connectivity index (χ1v) is 6.77. The Hall–Kier alpha value is -1.43. The molecule has 1 fully saturated rings.